The lowest BCUT2D eigenvalue weighted by Gasteiger charge is -2.30. The van der Waals surface area contributed by atoms with Crippen molar-refractivity contribution in [3.8, 4) is 5.75 Å². The minimum Gasteiger partial charge on any atom is -0.497 e. The van der Waals surface area contributed by atoms with Crippen LogP contribution in [0.2, 0.25) is 0 Å². The first-order valence-electron chi connectivity index (χ1n) is 9.58. The van der Waals surface area contributed by atoms with Gasteiger partial charge in [-0.2, -0.15) is 0 Å². The predicted octanol–water partition coefficient (Wildman–Crippen LogP) is 4.54. The number of methoxy groups -OCH3 is 1. The molecule has 0 N–H and O–H groups in total. The number of carbonyl (C=O) groups excluding carboxylic acids is 2. The summed E-state index contributed by atoms with van der Waals surface area (Å²) in [6.45, 7) is 5.78. The molecule has 0 atom stereocenters. The molecule has 1 aliphatic rings. The second-order valence-corrected chi connectivity index (χ2v) is 7.58. The summed E-state index contributed by atoms with van der Waals surface area (Å²) in [7, 11) is 1.61. The minimum atomic E-state index is -0.449. The van der Waals surface area contributed by atoms with Crippen LogP contribution in [0, 0.1) is 5.41 Å². The van der Waals surface area contributed by atoms with Gasteiger partial charge in [-0.15, -0.1) is 0 Å². The summed E-state index contributed by atoms with van der Waals surface area (Å²) in [5.74, 6) is 0.278. The summed E-state index contributed by atoms with van der Waals surface area (Å²) in [6, 6.07) is 7.43. The molecule has 2 rings (SSSR count). The van der Waals surface area contributed by atoms with Gasteiger partial charge in [0, 0.05) is 6.08 Å². The fraction of sp³-hybridized carbons (Fsp3) is 0.545. The van der Waals surface area contributed by atoms with Crippen molar-refractivity contribution in [3.63, 3.8) is 0 Å². The zero-order chi connectivity index (χ0) is 19.9. The maximum absolute atomic E-state index is 12.2. The van der Waals surface area contributed by atoms with Gasteiger partial charge in [0.15, 0.2) is 0 Å². The van der Waals surface area contributed by atoms with Gasteiger partial charge in [0.2, 0.25) is 0 Å². The first kappa shape index (κ1) is 21.0. The Kier molecular flexibility index (Phi) is 7.45. The van der Waals surface area contributed by atoms with Gasteiger partial charge in [0.05, 0.1) is 12.5 Å². The van der Waals surface area contributed by atoms with Gasteiger partial charge >= 0.3 is 11.9 Å². The monoisotopic (exact) mass is 374 g/mol. The van der Waals surface area contributed by atoms with Gasteiger partial charge in [-0.3, -0.25) is 4.79 Å². The van der Waals surface area contributed by atoms with E-state index < -0.39 is 5.41 Å². The fourth-order valence-corrected chi connectivity index (χ4v) is 2.81. The van der Waals surface area contributed by atoms with Gasteiger partial charge in [-0.1, -0.05) is 19.1 Å². The highest BCUT2D eigenvalue weighted by molar-refractivity contribution is 5.87. The molecule has 27 heavy (non-hydrogen) atoms. The Bertz CT molecular complexity index is 652. The van der Waals surface area contributed by atoms with Crippen LogP contribution in [0.15, 0.2) is 30.3 Å². The third-order valence-electron chi connectivity index (χ3n) is 5.14. The Hall–Kier alpha value is -2.30. The molecule has 1 aromatic rings. The van der Waals surface area contributed by atoms with E-state index in [1.807, 2.05) is 45.0 Å². The van der Waals surface area contributed by atoms with Crippen molar-refractivity contribution in [2.45, 2.75) is 65.1 Å². The van der Waals surface area contributed by atoms with E-state index in [0.717, 1.165) is 30.6 Å². The van der Waals surface area contributed by atoms with Crippen molar-refractivity contribution in [1.29, 1.82) is 0 Å². The van der Waals surface area contributed by atoms with Gasteiger partial charge < -0.3 is 14.2 Å². The van der Waals surface area contributed by atoms with Gasteiger partial charge in [-0.25, -0.2) is 4.79 Å². The maximum Gasteiger partial charge on any atom is 0.331 e. The van der Waals surface area contributed by atoms with Crippen LogP contribution in [0.5, 0.6) is 5.75 Å². The van der Waals surface area contributed by atoms with Crippen LogP contribution in [0.4, 0.5) is 0 Å². The Labute approximate surface area is 161 Å². The fourth-order valence-electron chi connectivity index (χ4n) is 2.81. The van der Waals surface area contributed by atoms with Crippen LogP contribution in [0.1, 0.15) is 58.4 Å². The molecule has 0 bridgehead atoms. The molecule has 1 fully saturated rings. The lowest BCUT2D eigenvalue weighted by atomic mass is 9.90. The molecule has 0 amide bonds. The normalized spacial score (nSPS) is 20.3. The van der Waals surface area contributed by atoms with Crippen LogP contribution >= 0.6 is 0 Å². The average Bonchev–Trinajstić information content (AvgIpc) is 2.68. The molecule has 1 saturated carbocycles. The standard InChI is InChI=1S/C22H30O5/c1-5-22(2,3)21(24)27-19-13-11-18(12-14-19)26-20(23)15-8-16-6-9-17(25-4)10-7-16/h6-10,15,18-19H,5,11-14H2,1-4H3/b15-8+/t18-,19-. The molecular weight excluding hydrogens is 344 g/mol. The molecule has 1 aromatic carbocycles. The molecule has 0 saturated heterocycles. The van der Waals surface area contributed by atoms with Gasteiger partial charge in [0.25, 0.3) is 0 Å². The number of esters is 2. The first-order chi connectivity index (χ1) is 12.8. The second-order valence-electron chi connectivity index (χ2n) is 7.58. The molecule has 0 aliphatic heterocycles. The smallest absolute Gasteiger partial charge is 0.331 e. The van der Waals surface area contributed by atoms with Crippen LogP contribution in [-0.4, -0.2) is 31.3 Å². The number of rotatable bonds is 7. The van der Waals surface area contributed by atoms with Crippen molar-refractivity contribution in [3.05, 3.63) is 35.9 Å². The van der Waals surface area contributed by atoms with Crippen LogP contribution in [0.3, 0.4) is 0 Å². The molecule has 0 radical (unpaired) electrons. The Morgan fingerprint density at radius 3 is 2.11 bits per heavy atom. The van der Waals surface area contributed by atoms with Gasteiger partial charge in [-0.05, 0) is 69.7 Å². The van der Waals surface area contributed by atoms with Crippen molar-refractivity contribution in [1.82, 2.24) is 0 Å². The third-order valence-corrected chi connectivity index (χ3v) is 5.14. The average molecular weight is 374 g/mol. The van der Waals surface area contributed by atoms with E-state index in [2.05, 4.69) is 0 Å². The van der Waals surface area contributed by atoms with E-state index in [1.165, 1.54) is 6.08 Å². The molecule has 0 unspecified atom stereocenters. The molecule has 148 valence electrons. The van der Waals surface area contributed by atoms with Gasteiger partial charge in [0.1, 0.15) is 18.0 Å². The number of hydrogen-bond donors (Lipinski definition) is 0. The highest BCUT2D eigenvalue weighted by Gasteiger charge is 2.32. The summed E-state index contributed by atoms with van der Waals surface area (Å²) < 4.78 is 16.2. The van der Waals surface area contributed by atoms with Crippen LogP contribution in [0.25, 0.3) is 6.08 Å². The summed E-state index contributed by atoms with van der Waals surface area (Å²) in [5, 5.41) is 0. The van der Waals surface area contributed by atoms with E-state index in [9.17, 15) is 9.59 Å². The van der Waals surface area contributed by atoms with E-state index in [-0.39, 0.29) is 24.1 Å². The molecule has 5 nitrogen and oxygen atoms in total. The number of benzene rings is 1. The molecule has 5 heteroatoms. The Balaban J connectivity index is 1.75. The molecule has 1 aliphatic carbocycles. The first-order valence-corrected chi connectivity index (χ1v) is 9.58. The topological polar surface area (TPSA) is 61.8 Å². The van der Waals surface area contributed by atoms with Crippen molar-refractivity contribution in [2.24, 2.45) is 5.41 Å². The highest BCUT2D eigenvalue weighted by atomic mass is 16.6. The Morgan fingerprint density at radius 1 is 1.04 bits per heavy atom. The second kappa shape index (κ2) is 9.58. The summed E-state index contributed by atoms with van der Waals surface area (Å²) in [4.78, 5) is 24.2. The summed E-state index contributed by atoms with van der Waals surface area (Å²) >= 11 is 0. The van der Waals surface area contributed by atoms with Crippen LogP contribution < -0.4 is 4.74 Å². The summed E-state index contributed by atoms with van der Waals surface area (Å²) in [6.07, 6.45) is 6.61. The van der Waals surface area contributed by atoms with Crippen molar-refractivity contribution >= 4 is 18.0 Å². The van der Waals surface area contributed by atoms with E-state index in [0.29, 0.717) is 12.8 Å². The Morgan fingerprint density at radius 2 is 1.59 bits per heavy atom. The zero-order valence-corrected chi connectivity index (χ0v) is 16.7. The van der Waals surface area contributed by atoms with E-state index in [1.54, 1.807) is 13.2 Å². The highest BCUT2D eigenvalue weighted by Crippen LogP contribution is 2.28. The van der Waals surface area contributed by atoms with E-state index >= 15 is 0 Å². The van der Waals surface area contributed by atoms with Crippen molar-refractivity contribution in [2.75, 3.05) is 7.11 Å². The summed E-state index contributed by atoms with van der Waals surface area (Å²) in [5.41, 5.74) is 0.456. The maximum atomic E-state index is 12.2. The number of ether oxygens (including phenoxy) is 3. The minimum absolute atomic E-state index is 0.0758. The van der Waals surface area contributed by atoms with Crippen molar-refractivity contribution < 1.29 is 23.8 Å². The lowest BCUT2D eigenvalue weighted by molar-refractivity contribution is -0.164. The SMILES string of the molecule is CCC(C)(C)C(=O)O[C@H]1CC[C@H](OC(=O)/C=C/c2ccc(OC)cc2)CC1. The van der Waals surface area contributed by atoms with Crippen LogP contribution in [-0.2, 0) is 19.1 Å². The molecule has 0 aromatic heterocycles. The quantitative estimate of drug-likeness (QED) is 0.518. The largest absolute Gasteiger partial charge is 0.497 e. The molecule has 0 heterocycles. The molecule has 0 spiro atoms. The lowest BCUT2D eigenvalue weighted by Crippen LogP contribution is -2.34. The number of hydrogen-bond acceptors (Lipinski definition) is 5. The third kappa shape index (κ3) is 6.42. The zero-order valence-electron chi connectivity index (χ0n) is 16.7. The van der Waals surface area contributed by atoms with E-state index in [4.69, 9.17) is 14.2 Å². The number of carbonyl (C=O) groups is 2. The molecular formula is C22H30O5. The predicted molar refractivity (Wildman–Crippen MR) is 104 cm³/mol.